The third-order valence-electron chi connectivity index (χ3n) is 3.53. The highest BCUT2D eigenvalue weighted by Crippen LogP contribution is 2.37. The summed E-state index contributed by atoms with van der Waals surface area (Å²) >= 11 is 3.43. The number of rotatable bonds is 8. The summed E-state index contributed by atoms with van der Waals surface area (Å²) < 4.78 is 11.6. The van der Waals surface area contributed by atoms with Gasteiger partial charge in [0.05, 0.1) is 24.6 Å². The Morgan fingerprint density at radius 1 is 1.19 bits per heavy atom. The lowest BCUT2D eigenvalue weighted by Crippen LogP contribution is -2.14. The predicted octanol–water partition coefficient (Wildman–Crippen LogP) is 3.53. The Bertz CT molecular complexity index is 791. The maximum atomic E-state index is 12.5. The molecule has 2 aromatic rings. The molecule has 0 aliphatic carbocycles. The molecule has 6 nitrogen and oxygen atoms in total. The van der Waals surface area contributed by atoms with Crippen LogP contribution in [0.1, 0.15) is 29.3 Å². The average molecular weight is 421 g/mol. The van der Waals surface area contributed by atoms with Crippen LogP contribution in [0.25, 0.3) is 0 Å². The molecule has 0 spiro atoms. The van der Waals surface area contributed by atoms with Gasteiger partial charge in [-0.15, -0.1) is 0 Å². The smallest absolute Gasteiger partial charge is 0.255 e. The minimum Gasteiger partial charge on any atom is -0.493 e. The van der Waals surface area contributed by atoms with Crippen LogP contribution in [0, 0.1) is 0 Å². The number of benzene rings is 2. The number of carbonyl (C=O) groups excluding carboxylic acids is 2. The summed E-state index contributed by atoms with van der Waals surface area (Å²) in [7, 11) is 1.53. The van der Waals surface area contributed by atoms with Crippen molar-refractivity contribution in [1.29, 1.82) is 0 Å². The van der Waals surface area contributed by atoms with Crippen molar-refractivity contribution in [1.82, 2.24) is 0 Å². The van der Waals surface area contributed by atoms with Crippen LogP contribution in [0.3, 0.4) is 0 Å². The largest absolute Gasteiger partial charge is 0.493 e. The quantitative estimate of drug-likeness (QED) is 0.683. The Balaban J connectivity index is 2.16. The standard InChI is InChI=1S/C19H21BrN2O4/c1-3-8-26-18-15(20)10-13(11-16(18)25-2)19(24)22-14-6-4-12(5-7-14)9-17(21)23/h4-7,10-11H,3,8-9H2,1-2H3,(H2,21,23)(H,22,24). The van der Waals surface area contributed by atoms with Crippen LogP contribution < -0.4 is 20.5 Å². The molecule has 0 atom stereocenters. The number of nitrogens with two attached hydrogens (primary N) is 1. The molecule has 0 bridgehead atoms. The second-order valence-electron chi connectivity index (χ2n) is 5.63. The van der Waals surface area contributed by atoms with Crippen LogP contribution in [-0.2, 0) is 11.2 Å². The van der Waals surface area contributed by atoms with E-state index in [2.05, 4.69) is 21.2 Å². The molecule has 2 amide bonds. The van der Waals surface area contributed by atoms with Gasteiger partial charge in [-0.1, -0.05) is 19.1 Å². The van der Waals surface area contributed by atoms with E-state index in [4.69, 9.17) is 15.2 Å². The highest BCUT2D eigenvalue weighted by molar-refractivity contribution is 9.10. The Labute approximate surface area is 160 Å². The fraction of sp³-hybridized carbons (Fsp3) is 0.263. The van der Waals surface area contributed by atoms with E-state index in [0.29, 0.717) is 33.8 Å². The molecule has 0 saturated heterocycles. The molecule has 3 N–H and O–H groups in total. The molecule has 138 valence electrons. The molecule has 0 heterocycles. The molecule has 0 aliphatic heterocycles. The summed E-state index contributed by atoms with van der Waals surface area (Å²) in [6.45, 7) is 2.56. The lowest BCUT2D eigenvalue weighted by molar-refractivity contribution is -0.117. The minimum atomic E-state index is -0.399. The monoisotopic (exact) mass is 420 g/mol. The highest BCUT2D eigenvalue weighted by atomic mass is 79.9. The predicted molar refractivity (Wildman–Crippen MR) is 104 cm³/mol. The Hall–Kier alpha value is -2.54. The number of anilines is 1. The lowest BCUT2D eigenvalue weighted by atomic mass is 10.1. The SMILES string of the molecule is CCCOc1c(Br)cc(C(=O)Nc2ccc(CC(N)=O)cc2)cc1OC. The van der Waals surface area contributed by atoms with Crippen LogP contribution >= 0.6 is 15.9 Å². The summed E-state index contributed by atoms with van der Waals surface area (Å²) in [6.07, 6.45) is 1.03. The molecule has 26 heavy (non-hydrogen) atoms. The van der Waals surface area contributed by atoms with Crippen molar-refractivity contribution >= 4 is 33.4 Å². The van der Waals surface area contributed by atoms with Crippen LogP contribution in [0.2, 0.25) is 0 Å². The van der Waals surface area contributed by atoms with E-state index < -0.39 is 5.91 Å². The maximum absolute atomic E-state index is 12.5. The third kappa shape index (κ3) is 5.23. The second-order valence-corrected chi connectivity index (χ2v) is 6.49. The van der Waals surface area contributed by atoms with E-state index in [1.165, 1.54) is 7.11 Å². The fourth-order valence-electron chi connectivity index (χ4n) is 2.31. The molecular weight excluding hydrogens is 400 g/mol. The van der Waals surface area contributed by atoms with Gasteiger partial charge in [0.1, 0.15) is 0 Å². The van der Waals surface area contributed by atoms with Gasteiger partial charge in [0, 0.05) is 11.3 Å². The van der Waals surface area contributed by atoms with E-state index in [1.54, 1.807) is 36.4 Å². The summed E-state index contributed by atoms with van der Waals surface area (Å²) in [5, 5.41) is 2.81. The van der Waals surface area contributed by atoms with E-state index in [9.17, 15) is 9.59 Å². The molecule has 2 aromatic carbocycles. The summed E-state index contributed by atoms with van der Waals surface area (Å²) in [5.41, 5.74) is 7.00. The van der Waals surface area contributed by atoms with Crippen molar-refractivity contribution in [2.75, 3.05) is 19.0 Å². The number of nitrogens with one attached hydrogen (secondary N) is 1. The number of hydrogen-bond donors (Lipinski definition) is 2. The van der Waals surface area contributed by atoms with Crippen molar-refractivity contribution in [2.24, 2.45) is 5.73 Å². The van der Waals surface area contributed by atoms with Gasteiger partial charge in [0.15, 0.2) is 11.5 Å². The zero-order chi connectivity index (χ0) is 19.1. The van der Waals surface area contributed by atoms with E-state index in [0.717, 1.165) is 12.0 Å². The van der Waals surface area contributed by atoms with Crippen molar-refractivity contribution in [3.63, 3.8) is 0 Å². The molecule has 0 aromatic heterocycles. The molecule has 0 saturated carbocycles. The Morgan fingerprint density at radius 2 is 1.88 bits per heavy atom. The van der Waals surface area contributed by atoms with E-state index >= 15 is 0 Å². The maximum Gasteiger partial charge on any atom is 0.255 e. The normalized spacial score (nSPS) is 10.3. The minimum absolute atomic E-state index is 0.164. The number of halogens is 1. The Morgan fingerprint density at radius 3 is 2.46 bits per heavy atom. The number of ether oxygens (including phenoxy) is 2. The van der Waals surface area contributed by atoms with Gasteiger partial charge in [-0.3, -0.25) is 9.59 Å². The first-order chi connectivity index (χ1) is 12.4. The average Bonchev–Trinajstić information content (AvgIpc) is 2.61. The molecule has 0 fully saturated rings. The first kappa shape index (κ1) is 19.8. The number of amides is 2. The zero-order valence-electron chi connectivity index (χ0n) is 14.7. The first-order valence-electron chi connectivity index (χ1n) is 8.13. The number of hydrogen-bond acceptors (Lipinski definition) is 4. The highest BCUT2D eigenvalue weighted by Gasteiger charge is 2.16. The van der Waals surface area contributed by atoms with Crippen molar-refractivity contribution in [3.05, 3.63) is 52.0 Å². The van der Waals surface area contributed by atoms with Crippen LogP contribution in [0.4, 0.5) is 5.69 Å². The summed E-state index contributed by atoms with van der Waals surface area (Å²) in [6, 6.07) is 10.3. The van der Waals surface area contributed by atoms with Crippen molar-refractivity contribution in [2.45, 2.75) is 19.8 Å². The topological polar surface area (TPSA) is 90.6 Å². The number of primary amides is 1. The second kappa shape index (κ2) is 9.24. The molecule has 7 heteroatoms. The van der Waals surface area contributed by atoms with Gasteiger partial charge in [-0.25, -0.2) is 0 Å². The first-order valence-corrected chi connectivity index (χ1v) is 8.92. The number of methoxy groups -OCH3 is 1. The van der Waals surface area contributed by atoms with Crippen molar-refractivity contribution in [3.8, 4) is 11.5 Å². The summed E-state index contributed by atoms with van der Waals surface area (Å²) in [4.78, 5) is 23.4. The molecule has 0 radical (unpaired) electrons. The van der Waals surface area contributed by atoms with Gasteiger partial charge >= 0.3 is 0 Å². The fourth-order valence-corrected chi connectivity index (χ4v) is 2.86. The molecule has 0 unspecified atom stereocenters. The van der Waals surface area contributed by atoms with Crippen LogP contribution in [0.5, 0.6) is 11.5 Å². The van der Waals surface area contributed by atoms with Gasteiger partial charge in [-0.2, -0.15) is 0 Å². The van der Waals surface area contributed by atoms with Gasteiger partial charge in [-0.05, 0) is 52.2 Å². The lowest BCUT2D eigenvalue weighted by Gasteiger charge is -2.14. The van der Waals surface area contributed by atoms with E-state index in [1.807, 2.05) is 6.92 Å². The van der Waals surface area contributed by atoms with E-state index in [-0.39, 0.29) is 12.3 Å². The van der Waals surface area contributed by atoms with Crippen LogP contribution in [-0.4, -0.2) is 25.5 Å². The molecule has 0 aliphatic rings. The zero-order valence-corrected chi connectivity index (χ0v) is 16.3. The molecular formula is C19H21BrN2O4. The summed E-state index contributed by atoms with van der Waals surface area (Å²) in [5.74, 6) is 0.370. The van der Waals surface area contributed by atoms with Gasteiger partial charge < -0.3 is 20.5 Å². The Kier molecular flexibility index (Phi) is 7.03. The molecule has 2 rings (SSSR count). The van der Waals surface area contributed by atoms with Crippen LogP contribution in [0.15, 0.2) is 40.9 Å². The van der Waals surface area contributed by atoms with Crippen molar-refractivity contribution < 1.29 is 19.1 Å². The van der Waals surface area contributed by atoms with Gasteiger partial charge in [0.25, 0.3) is 5.91 Å². The van der Waals surface area contributed by atoms with Gasteiger partial charge in [0.2, 0.25) is 5.91 Å². The third-order valence-corrected chi connectivity index (χ3v) is 4.12. The number of carbonyl (C=O) groups is 2.